The van der Waals surface area contributed by atoms with Gasteiger partial charge in [0.25, 0.3) is 5.56 Å². The molecule has 2 aliphatic heterocycles. The standard InChI is InChI=1S/C22H27N5O2S/c1-2-21(28)26-10-8-17-16(14-26)22(29)27-20(23-17)12-18(24-27)19-7-3-4-9-25(19)13-15-6-5-11-30-15/h5-6,11-12,19,24H,2-4,7-10,13-14H2,1H3/t19-/m1/s1. The lowest BCUT2D eigenvalue weighted by Gasteiger charge is -2.34. The number of aromatic nitrogens is 3. The van der Waals surface area contributed by atoms with E-state index in [0.717, 1.165) is 30.9 Å². The van der Waals surface area contributed by atoms with E-state index in [9.17, 15) is 9.59 Å². The van der Waals surface area contributed by atoms with Gasteiger partial charge in [0.05, 0.1) is 29.5 Å². The summed E-state index contributed by atoms with van der Waals surface area (Å²) in [6, 6.07) is 6.59. The van der Waals surface area contributed by atoms with Gasteiger partial charge in [-0.15, -0.1) is 11.3 Å². The van der Waals surface area contributed by atoms with Gasteiger partial charge < -0.3 is 4.90 Å². The minimum Gasteiger partial charge on any atom is -0.338 e. The number of H-pyrrole nitrogens is 1. The van der Waals surface area contributed by atoms with Crippen LogP contribution in [0.1, 0.15) is 60.5 Å². The number of rotatable bonds is 4. The molecule has 0 radical (unpaired) electrons. The lowest BCUT2D eigenvalue weighted by molar-refractivity contribution is -0.131. The van der Waals surface area contributed by atoms with Gasteiger partial charge in [-0.1, -0.05) is 19.4 Å². The van der Waals surface area contributed by atoms with Gasteiger partial charge in [0.15, 0.2) is 5.65 Å². The van der Waals surface area contributed by atoms with E-state index in [2.05, 4.69) is 27.5 Å². The molecule has 8 heteroatoms. The van der Waals surface area contributed by atoms with Gasteiger partial charge in [-0.25, -0.2) is 9.50 Å². The van der Waals surface area contributed by atoms with Crippen molar-refractivity contribution in [2.45, 2.75) is 58.2 Å². The summed E-state index contributed by atoms with van der Waals surface area (Å²) < 4.78 is 1.58. The van der Waals surface area contributed by atoms with Crippen LogP contribution in [0.15, 0.2) is 28.4 Å². The Hall–Kier alpha value is -2.45. The quantitative estimate of drug-likeness (QED) is 0.697. The maximum absolute atomic E-state index is 13.2. The Bertz CT molecular complexity index is 1120. The second kappa shape index (κ2) is 8.00. The Labute approximate surface area is 179 Å². The van der Waals surface area contributed by atoms with Gasteiger partial charge in [-0.05, 0) is 30.8 Å². The third-order valence-corrected chi connectivity index (χ3v) is 7.21. The van der Waals surface area contributed by atoms with Crippen molar-refractivity contribution < 1.29 is 4.79 Å². The van der Waals surface area contributed by atoms with E-state index in [-0.39, 0.29) is 17.5 Å². The molecule has 1 N–H and O–H groups in total. The average molecular weight is 426 g/mol. The predicted octanol–water partition coefficient (Wildman–Crippen LogP) is 3.11. The fourth-order valence-corrected chi connectivity index (χ4v) is 5.47. The number of amides is 1. The first-order valence-electron chi connectivity index (χ1n) is 10.8. The molecule has 0 unspecified atom stereocenters. The van der Waals surface area contributed by atoms with E-state index in [1.54, 1.807) is 20.8 Å². The fraction of sp³-hybridized carbons (Fsp3) is 0.500. The van der Waals surface area contributed by atoms with Crippen LogP contribution in [0.5, 0.6) is 0 Å². The van der Waals surface area contributed by atoms with Crippen molar-refractivity contribution in [3.63, 3.8) is 0 Å². The zero-order chi connectivity index (χ0) is 20.7. The molecule has 2 aliphatic rings. The van der Waals surface area contributed by atoms with Crippen LogP contribution in [0.4, 0.5) is 0 Å². The molecule has 7 nitrogen and oxygen atoms in total. The first kappa shape index (κ1) is 19.5. The number of hydrogen-bond donors (Lipinski definition) is 1. The third kappa shape index (κ3) is 3.48. The van der Waals surface area contributed by atoms with Crippen LogP contribution in [0.25, 0.3) is 5.65 Å². The number of carbonyl (C=O) groups excluding carboxylic acids is 1. The first-order valence-corrected chi connectivity index (χ1v) is 11.7. The molecule has 30 heavy (non-hydrogen) atoms. The van der Waals surface area contributed by atoms with Crippen molar-refractivity contribution in [1.82, 2.24) is 24.4 Å². The highest BCUT2D eigenvalue weighted by atomic mass is 32.1. The number of aromatic amines is 1. The molecule has 0 saturated carbocycles. The Morgan fingerprint density at radius 1 is 1.33 bits per heavy atom. The van der Waals surface area contributed by atoms with E-state index in [1.165, 1.54) is 17.7 Å². The maximum atomic E-state index is 13.2. The molecule has 1 fully saturated rings. The van der Waals surface area contributed by atoms with Gasteiger partial charge in [0, 0.05) is 36.9 Å². The zero-order valence-electron chi connectivity index (χ0n) is 17.3. The fourth-order valence-electron chi connectivity index (χ4n) is 4.74. The number of hydrogen-bond acceptors (Lipinski definition) is 5. The van der Waals surface area contributed by atoms with Gasteiger partial charge in [0.2, 0.25) is 5.91 Å². The lowest BCUT2D eigenvalue weighted by Crippen LogP contribution is -2.40. The molecule has 0 bridgehead atoms. The SMILES string of the molecule is CCC(=O)N1CCc2nc3cc([C@H]4CCCCN4Cc4cccs4)[nH]n3c(=O)c2C1. The summed E-state index contributed by atoms with van der Waals surface area (Å²) in [6.45, 7) is 4.85. The molecule has 0 aliphatic carbocycles. The predicted molar refractivity (Wildman–Crippen MR) is 117 cm³/mol. The molecule has 5 heterocycles. The molecule has 0 aromatic carbocycles. The van der Waals surface area contributed by atoms with E-state index in [1.807, 2.05) is 13.0 Å². The molecule has 3 aromatic rings. The van der Waals surface area contributed by atoms with Gasteiger partial charge >= 0.3 is 0 Å². The summed E-state index contributed by atoms with van der Waals surface area (Å²) in [5.74, 6) is 0.0868. The van der Waals surface area contributed by atoms with Crippen molar-refractivity contribution in [2.75, 3.05) is 13.1 Å². The topological polar surface area (TPSA) is 73.7 Å². The van der Waals surface area contributed by atoms with E-state index < -0.39 is 0 Å². The van der Waals surface area contributed by atoms with Crippen LogP contribution in [0.3, 0.4) is 0 Å². The maximum Gasteiger partial charge on any atom is 0.277 e. The Balaban J connectivity index is 1.48. The molecule has 1 amide bonds. The second-order valence-electron chi connectivity index (χ2n) is 8.23. The molecule has 1 atom stereocenters. The molecule has 5 rings (SSSR count). The molecular weight excluding hydrogens is 398 g/mol. The van der Waals surface area contributed by atoms with Crippen LogP contribution in [-0.4, -0.2) is 43.4 Å². The highest BCUT2D eigenvalue weighted by molar-refractivity contribution is 7.09. The second-order valence-corrected chi connectivity index (χ2v) is 9.26. The molecule has 158 valence electrons. The summed E-state index contributed by atoms with van der Waals surface area (Å²) in [4.78, 5) is 35.7. The van der Waals surface area contributed by atoms with Crippen molar-refractivity contribution in [3.8, 4) is 0 Å². The summed E-state index contributed by atoms with van der Waals surface area (Å²) in [6.07, 6.45) is 4.57. The van der Waals surface area contributed by atoms with Crippen LogP contribution in [0.2, 0.25) is 0 Å². The largest absolute Gasteiger partial charge is 0.338 e. The Kier molecular flexibility index (Phi) is 5.20. The molecule has 0 spiro atoms. The number of nitrogens with one attached hydrogen (secondary N) is 1. The number of fused-ring (bicyclic) bond motifs is 2. The highest BCUT2D eigenvalue weighted by Gasteiger charge is 2.28. The minimum absolute atomic E-state index is 0.0736. The van der Waals surface area contributed by atoms with E-state index >= 15 is 0 Å². The summed E-state index contributed by atoms with van der Waals surface area (Å²) in [5.41, 5.74) is 3.15. The Morgan fingerprint density at radius 3 is 3.03 bits per heavy atom. The van der Waals surface area contributed by atoms with E-state index in [4.69, 9.17) is 4.98 Å². The van der Waals surface area contributed by atoms with Crippen LogP contribution < -0.4 is 5.56 Å². The lowest BCUT2D eigenvalue weighted by atomic mass is 9.99. The summed E-state index contributed by atoms with van der Waals surface area (Å²) in [7, 11) is 0. The number of nitrogens with zero attached hydrogens (tertiary/aromatic N) is 4. The van der Waals surface area contributed by atoms with Crippen LogP contribution in [0, 0.1) is 0 Å². The number of thiophene rings is 1. The average Bonchev–Trinajstić information content (AvgIpc) is 3.43. The molecule has 3 aromatic heterocycles. The smallest absolute Gasteiger partial charge is 0.277 e. The normalized spacial score (nSPS) is 19.9. The van der Waals surface area contributed by atoms with Crippen molar-refractivity contribution in [3.05, 3.63) is 55.8 Å². The highest BCUT2D eigenvalue weighted by Crippen LogP contribution is 2.32. The summed E-state index contributed by atoms with van der Waals surface area (Å²) >= 11 is 1.79. The number of carbonyl (C=O) groups is 1. The Morgan fingerprint density at radius 2 is 2.23 bits per heavy atom. The van der Waals surface area contributed by atoms with Gasteiger partial charge in [0.1, 0.15) is 0 Å². The van der Waals surface area contributed by atoms with Crippen molar-refractivity contribution >= 4 is 22.9 Å². The number of likely N-dealkylation sites (tertiary alicyclic amines) is 1. The minimum atomic E-state index is -0.0736. The number of piperidine rings is 1. The van der Waals surface area contributed by atoms with Crippen molar-refractivity contribution in [1.29, 1.82) is 0 Å². The van der Waals surface area contributed by atoms with Gasteiger partial charge in [-0.2, -0.15) is 0 Å². The van der Waals surface area contributed by atoms with Crippen LogP contribution in [-0.2, 0) is 24.3 Å². The summed E-state index contributed by atoms with van der Waals surface area (Å²) in [5, 5.41) is 5.47. The van der Waals surface area contributed by atoms with Gasteiger partial charge in [-0.3, -0.25) is 19.6 Å². The monoisotopic (exact) mass is 425 g/mol. The van der Waals surface area contributed by atoms with Crippen molar-refractivity contribution in [2.24, 2.45) is 0 Å². The molecule has 1 saturated heterocycles. The van der Waals surface area contributed by atoms with Crippen LogP contribution >= 0.6 is 11.3 Å². The molecular formula is C22H27N5O2S. The van der Waals surface area contributed by atoms with E-state index in [0.29, 0.717) is 37.1 Å². The third-order valence-electron chi connectivity index (χ3n) is 6.35. The first-order chi connectivity index (χ1) is 14.6. The zero-order valence-corrected chi connectivity index (χ0v) is 18.1.